The smallest absolute Gasteiger partial charge is 0.417 e. The number of nitrogens with one attached hydrogen (secondary N) is 1. The Morgan fingerprint density at radius 1 is 1.10 bits per heavy atom. The highest BCUT2D eigenvalue weighted by Crippen LogP contribution is 2.33. The van der Waals surface area contributed by atoms with Crippen LogP contribution in [-0.4, -0.2) is 12.5 Å². The summed E-state index contributed by atoms with van der Waals surface area (Å²) < 4.78 is 44.4. The van der Waals surface area contributed by atoms with Gasteiger partial charge < -0.3 is 10.1 Å². The average molecular weight is 403 g/mol. The fraction of sp³-hybridized carbons (Fsp3) is 0.286. The summed E-state index contributed by atoms with van der Waals surface area (Å²) in [6, 6.07) is 12.7. The molecule has 0 spiro atoms. The number of halogens is 3. The molecule has 29 heavy (non-hydrogen) atoms. The van der Waals surface area contributed by atoms with Gasteiger partial charge in [0.2, 0.25) is 5.91 Å². The lowest BCUT2D eigenvalue weighted by Gasteiger charge is -2.15. The topological polar surface area (TPSA) is 85.9 Å². The van der Waals surface area contributed by atoms with Gasteiger partial charge in [0.15, 0.2) is 0 Å². The maximum atomic E-state index is 13.0. The molecule has 0 saturated carbocycles. The van der Waals surface area contributed by atoms with Crippen molar-refractivity contribution in [3.05, 3.63) is 59.2 Å². The second kappa shape index (κ2) is 10.7. The van der Waals surface area contributed by atoms with Crippen molar-refractivity contribution in [1.82, 2.24) is 0 Å². The number of hydrogen-bond donors (Lipinski definition) is 1. The quantitative estimate of drug-likeness (QED) is 0.750. The van der Waals surface area contributed by atoms with E-state index in [1.54, 1.807) is 31.2 Å². The van der Waals surface area contributed by atoms with Crippen molar-refractivity contribution >= 4 is 11.6 Å². The van der Waals surface area contributed by atoms with Crippen LogP contribution >= 0.6 is 0 Å². The zero-order valence-corrected chi connectivity index (χ0v) is 16.2. The van der Waals surface area contributed by atoms with Crippen LogP contribution in [0.4, 0.5) is 18.9 Å². The molecule has 2 aromatic carbocycles. The standard InChI is InChI=1S/C19H14F3N3O2.C2H6/c1-12(11-27-16-6-2-13(9-23)3-7-16)18(26)25-15-5-4-14(10-24)17(8-15)19(20,21)22;1-2/h2-8,12H,11H2,1H3,(H,25,26);1-2H3. The van der Waals surface area contributed by atoms with Gasteiger partial charge >= 0.3 is 6.18 Å². The molecule has 0 radical (unpaired) electrons. The normalized spacial score (nSPS) is 11.2. The maximum absolute atomic E-state index is 13.0. The molecule has 1 amide bonds. The van der Waals surface area contributed by atoms with Crippen LogP contribution in [0.5, 0.6) is 5.75 Å². The summed E-state index contributed by atoms with van der Waals surface area (Å²) in [6.45, 7) is 5.56. The highest BCUT2D eigenvalue weighted by molar-refractivity contribution is 5.92. The number of amides is 1. The van der Waals surface area contributed by atoms with Gasteiger partial charge in [0, 0.05) is 5.69 Å². The molecule has 0 aliphatic carbocycles. The molecule has 2 rings (SSSR count). The van der Waals surface area contributed by atoms with Crippen LogP contribution in [0.1, 0.15) is 37.5 Å². The zero-order valence-electron chi connectivity index (χ0n) is 16.2. The van der Waals surface area contributed by atoms with E-state index in [1.165, 1.54) is 12.1 Å². The van der Waals surface area contributed by atoms with Crippen LogP contribution in [0.25, 0.3) is 0 Å². The van der Waals surface area contributed by atoms with Crippen LogP contribution < -0.4 is 10.1 Å². The van der Waals surface area contributed by atoms with Gasteiger partial charge in [0.1, 0.15) is 5.75 Å². The molecule has 0 bridgehead atoms. The number of nitriles is 2. The first-order valence-electron chi connectivity index (χ1n) is 8.79. The number of alkyl halides is 3. The van der Waals surface area contributed by atoms with Gasteiger partial charge in [-0.15, -0.1) is 0 Å². The van der Waals surface area contributed by atoms with Crippen molar-refractivity contribution in [3.63, 3.8) is 0 Å². The maximum Gasteiger partial charge on any atom is 0.417 e. The molecule has 152 valence electrons. The lowest BCUT2D eigenvalue weighted by Crippen LogP contribution is -2.25. The molecule has 1 atom stereocenters. The molecule has 0 fully saturated rings. The Morgan fingerprint density at radius 3 is 2.24 bits per heavy atom. The number of rotatable bonds is 5. The molecule has 0 aliphatic heterocycles. The minimum atomic E-state index is -4.70. The summed E-state index contributed by atoms with van der Waals surface area (Å²) in [6.07, 6.45) is -4.70. The van der Waals surface area contributed by atoms with Gasteiger partial charge in [0.05, 0.1) is 41.4 Å². The molecule has 1 unspecified atom stereocenters. The molecule has 2 aromatic rings. The van der Waals surface area contributed by atoms with E-state index >= 15 is 0 Å². The van der Waals surface area contributed by atoms with E-state index in [0.29, 0.717) is 11.3 Å². The fourth-order valence-corrected chi connectivity index (χ4v) is 2.14. The third-order valence-corrected chi connectivity index (χ3v) is 3.64. The SMILES string of the molecule is CC.CC(COc1ccc(C#N)cc1)C(=O)Nc1ccc(C#N)c(C(F)(F)F)c1. The molecule has 8 heteroatoms. The molecular formula is C21H20F3N3O2. The predicted octanol–water partition coefficient (Wildman–Crippen LogP) is 5.13. The lowest BCUT2D eigenvalue weighted by molar-refractivity contribution is -0.137. The van der Waals surface area contributed by atoms with E-state index in [0.717, 1.165) is 12.1 Å². The van der Waals surface area contributed by atoms with Crippen LogP contribution in [0.15, 0.2) is 42.5 Å². The Labute approximate surface area is 167 Å². The average Bonchev–Trinajstić information content (AvgIpc) is 2.73. The first-order valence-corrected chi connectivity index (χ1v) is 8.79. The third-order valence-electron chi connectivity index (χ3n) is 3.64. The van der Waals surface area contributed by atoms with E-state index in [2.05, 4.69) is 5.32 Å². The number of anilines is 1. The van der Waals surface area contributed by atoms with Crippen LogP contribution in [0.2, 0.25) is 0 Å². The van der Waals surface area contributed by atoms with Crippen LogP contribution in [-0.2, 0) is 11.0 Å². The highest BCUT2D eigenvalue weighted by Gasteiger charge is 2.34. The Bertz CT molecular complexity index is 911. The van der Waals surface area contributed by atoms with Gasteiger partial charge in [-0.1, -0.05) is 20.8 Å². The summed E-state index contributed by atoms with van der Waals surface area (Å²) in [7, 11) is 0. The van der Waals surface area contributed by atoms with E-state index in [9.17, 15) is 18.0 Å². The number of hydrogen-bond acceptors (Lipinski definition) is 4. The second-order valence-electron chi connectivity index (χ2n) is 5.71. The summed E-state index contributed by atoms with van der Waals surface area (Å²) >= 11 is 0. The minimum absolute atomic E-state index is 0.000140. The van der Waals surface area contributed by atoms with E-state index < -0.39 is 29.1 Å². The molecule has 1 N–H and O–H groups in total. The van der Waals surface area contributed by atoms with Gasteiger partial charge in [-0.25, -0.2) is 0 Å². The molecule has 0 heterocycles. The summed E-state index contributed by atoms with van der Waals surface area (Å²) in [4.78, 5) is 12.2. The number of carbonyl (C=O) groups is 1. The lowest BCUT2D eigenvalue weighted by atomic mass is 10.1. The Hall–Kier alpha value is -3.52. The van der Waals surface area contributed by atoms with Crippen LogP contribution in [0, 0.1) is 28.6 Å². The van der Waals surface area contributed by atoms with Crippen molar-refractivity contribution in [2.75, 3.05) is 11.9 Å². The Balaban J connectivity index is 0.00000204. The summed E-state index contributed by atoms with van der Waals surface area (Å²) in [5, 5.41) is 19.9. The zero-order chi connectivity index (χ0) is 22.0. The van der Waals surface area contributed by atoms with Crippen LogP contribution in [0.3, 0.4) is 0 Å². The van der Waals surface area contributed by atoms with Crippen molar-refractivity contribution in [2.24, 2.45) is 5.92 Å². The largest absolute Gasteiger partial charge is 0.493 e. The van der Waals surface area contributed by atoms with Crippen molar-refractivity contribution < 1.29 is 22.7 Å². The van der Waals surface area contributed by atoms with Gasteiger partial charge in [-0.3, -0.25) is 4.79 Å². The molecule has 0 aliphatic rings. The number of nitrogens with zero attached hydrogens (tertiary/aromatic N) is 2. The molecule has 0 saturated heterocycles. The van der Waals surface area contributed by atoms with E-state index in [1.807, 2.05) is 19.9 Å². The first-order chi connectivity index (χ1) is 13.7. The Kier molecular flexibility index (Phi) is 8.69. The number of ether oxygens (including phenoxy) is 1. The van der Waals surface area contributed by atoms with Crippen molar-refractivity contribution in [2.45, 2.75) is 26.9 Å². The molecule has 0 aromatic heterocycles. The highest BCUT2D eigenvalue weighted by atomic mass is 19.4. The van der Waals surface area contributed by atoms with Gasteiger partial charge in [0.25, 0.3) is 0 Å². The minimum Gasteiger partial charge on any atom is -0.493 e. The fourth-order valence-electron chi connectivity index (χ4n) is 2.14. The number of benzene rings is 2. The van der Waals surface area contributed by atoms with Crippen molar-refractivity contribution in [1.29, 1.82) is 10.5 Å². The van der Waals surface area contributed by atoms with E-state index in [-0.39, 0.29) is 12.3 Å². The second-order valence-corrected chi connectivity index (χ2v) is 5.71. The molecular weight excluding hydrogens is 383 g/mol. The number of carbonyl (C=O) groups excluding carboxylic acids is 1. The van der Waals surface area contributed by atoms with Gasteiger partial charge in [-0.2, -0.15) is 23.7 Å². The first kappa shape index (κ1) is 23.5. The van der Waals surface area contributed by atoms with Gasteiger partial charge in [-0.05, 0) is 42.5 Å². The van der Waals surface area contributed by atoms with E-state index in [4.69, 9.17) is 15.3 Å². The summed E-state index contributed by atoms with van der Waals surface area (Å²) in [5.74, 6) is -0.710. The summed E-state index contributed by atoms with van der Waals surface area (Å²) in [5.41, 5.74) is -1.21. The Morgan fingerprint density at radius 2 is 1.72 bits per heavy atom. The molecule has 5 nitrogen and oxygen atoms in total. The monoisotopic (exact) mass is 403 g/mol. The van der Waals surface area contributed by atoms with Crippen molar-refractivity contribution in [3.8, 4) is 17.9 Å². The third kappa shape index (κ3) is 6.86. The predicted molar refractivity (Wildman–Crippen MR) is 102 cm³/mol.